The van der Waals surface area contributed by atoms with Crippen molar-refractivity contribution in [3.8, 4) is 11.5 Å². The van der Waals surface area contributed by atoms with Crippen molar-refractivity contribution in [2.75, 3.05) is 19.6 Å². The van der Waals surface area contributed by atoms with E-state index in [0.29, 0.717) is 23.8 Å². The lowest BCUT2D eigenvalue weighted by atomic mass is 10.0. The van der Waals surface area contributed by atoms with Crippen molar-refractivity contribution in [3.63, 3.8) is 0 Å². The molecule has 0 radical (unpaired) electrons. The van der Waals surface area contributed by atoms with E-state index in [1.807, 2.05) is 4.90 Å². The summed E-state index contributed by atoms with van der Waals surface area (Å²) in [6, 6.07) is 13.6. The summed E-state index contributed by atoms with van der Waals surface area (Å²) in [6.45, 7) is 4.24. The third kappa shape index (κ3) is 3.15. The molecule has 1 saturated heterocycles. The predicted molar refractivity (Wildman–Crippen MR) is 96.7 cm³/mol. The average molecular weight is 351 g/mol. The first-order chi connectivity index (χ1) is 12.8. The predicted octanol–water partition coefficient (Wildman–Crippen LogP) is 3.28. The Balaban J connectivity index is 1.58. The summed E-state index contributed by atoms with van der Waals surface area (Å²) in [6.07, 6.45) is 2.56. The molecule has 1 fully saturated rings. The molecule has 0 spiro atoms. The molecule has 0 bridgehead atoms. The van der Waals surface area contributed by atoms with Gasteiger partial charge in [-0.05, 0) is 29.7 Å². The molecule has 1 amide bonds. The number of aromatic nitrogens is 1. The SMILES string of the molecule is CCc1ccc(C2CNCCN2C(=O)c2cc(-c3ccco3)on2)cc1. The molecule has 1 N–H and O–H groups in total. The quantitative estimate of drug-likeness (QED) is 0.781. The Morgan fingerprint density at radius 1 is 1.27 bits per heavy atom. The van der Waals surface area contributed by atoms with Gasteiger partial charge in [0, 0.05) is 25.7 Å². The van der Waals surface area contributed by atoms with Gasteiger partial charge in [0.15, 0.2) is 11.5 Å². The van der Waals surface area contributed by atoms with Crippen molar-refractivity contribution < 1.29 is 13.7 Å². The van der Waals surface area contributed by atoms with Crippen LogP contribution in [0.5, 0.6) is 0 Å². The molecule has 3 aromatic rings. The number of nitrogens with one attached hydrogen (secondary N) is 1. The van der Waals surface area contributed by atoms with Gasteiger partial charge < -0.3 is 19.2 Å². The van der Waals surface area contributed by atoms with Gasteiger partial charge in [0.05, 0.1) is 12.3 Å². The molecule has 0 aliphatic carbocycles. The molecule has 6 heteroatoms. The Bertz CT molecular complexity index is 868. The molecular weight excluding hydrogens is 330 g/mol. The zero-order chi connectivity index (χ0) is 17.9. The van der Waals surface area contributed by atoms with Crippen LogP contribution in [0.25, 0.3) is 11.5 Å². The Morgan fingerprint density at radius 3 is 2.85 bits per heavy atom. The number of aryl methyl sites for hydroxylation is 1. The lowest BCUT2D eigenvalue weighted by Gasteiger charge is -2.36. The highest BCUT2D eigenvalue weighted by Gasteiger charge is 2.30. The number of furan rings is 1. The fourth-order valence-corrected chi connectivity index (χ4v) is 3.28. The van der Waals surface area contributed by atoms with Crippen molar-refractivity contribution in [2.24, 2.45) is 0 Å². The molecule has 1 atom stereocenters. The van der Waals surface area contributed by atoms with Gasteiger partial charge in [-0.1, -0.05) is 36.3 Å². The van der Waals surface area contributed by atoms with Gasteiger partial charge in [-0.2, -0.15) is 0 Å². The first-order valence-electron chi connectivity index (χ1n) is 8.87. The van der Waals surface area contributed by atoms with Crippen LogP contribution in [0, 0.1) is 0 Å². The maximum Gasteiger partial charge on any atom is 0.276 e. The molecule has 6 nitrogen and oxygen atoms in total. The van der Waals surface area contributed by atoms with Crippen LogP contribution in [-0.4, -0.2) is 35.6 Å². The highest BCUT2D eigenvalue weighted by Crippen LogP contribution is 2.26. The van der Waals surface area contributed by atoms with Crippen molar-refractivity contribution in [1.82, 2.24) is 15.4 Å². The van der Waals surface area contributed by atoms with Gasteiger partial charge in [0.2, 0.25) is 5.76 Å². The van der Waals surface area contributed by atoms with Crippen LogP contribution in [0.2, 0.25) is 0 Å². The molecule has 1 aliphatic heterocycles. The topological polar surface area (TPSA) is 71.5 Å². The lowest BCUT2D eigenvalue weighted by molar-refractivity contribution is 0.0623. The summed E-state index contributed by atoms with van der Waals surface area (Å²) in [7, 11) is 0. The highest BCUT2D eigenvalue weighted by molar-refractivity contribution is 5.93. The third-order valence-electron chi connectivity index (χ3n) is 4.77. The minimum absolute atomic E-state index is 0.0223. The van der Waals surface area contributed by atoms with Crippen LogP contribution in [0.1, 0.15) is 34.6 Å². The van der Waals surface area contributed by atoms with Crippen LogP contribution >= 0.6 is 0 Å². The summed E-state index contributed by atoms with van der Waals surface area (Å²) in [5, 5.41) is 7.33. The summed E-state index contributed by atoms with van der Waals surface area (Å²) in [5.74, 6) is 0.888. The van der Waals surface area contributed by atoms with Gasteiger partial charge in [-0.15, -0.1) is 0 Å². The van der Waals surface area contributed by atoms with E-state index >= 15 is 0 Å². The van der Waals surface area contributed by atoms with E-state index in [-0.39, 0.29) is 11.9 Å². The molecule has 0 saturated carbocycles. The standard InChI is InChI=1S/C20H21N3O3/c1-2-14-5-7-15(8-6-14)17-13-21-9-10-23(17)20(24)16-12-19(26-22-16)18-4-3-11-25-18/h3-8,11-12,17,21H,2,9-10,13H2,1H3. The zero-order valence-corrected chi connectivity index (χ0v) is 14.6. The molecule has 3 heterocycles. The largest absolute Gasteiger partial charge is 0.461 e. The van der Waals surface area contributed by atoms with Crippen molar-refractivity contribution in [2.45, 2.75) is 19.4 Å². The summed E-state index contributed by atoms with van der Waals surface area (Å²) >= 11 is 0. The number of benzene rings is 1. The monoisotopic (exact) mass is 351 g/mol. The molecule has 2 aromatic heterocycles. The number of hydrogen-bond acceptors (Lipinski definition) is 5. The summed E-state index contributed by atoms with van der Waals surface area (Å²) < 4.78 is 10.6. The van der Waals surface area contributed by atoms with Crippen molar-refractivity contribution in [3.05, 3.63) is 65.5 Å². The number of rotatable bonds is 4. The molecule has 1 aliphatic rings. The molecule has 134 valence electrons. The van der Waals surface area contributed by atoms with Crippen molar-refractivity contribution in [1.29, 1.82) is 0 Å². The first-order valence-corrected chi connectivity index (χ1v) is 8.87. The van der Waals surface area contributed by atoms with Gasteiger partial charge >= 0.3 is 0 Å². The van der Waals surface area contributed by atoms with Crippen molar-refractivity contribution >= 4 is 5.91 Å². The van der Waals surface area contributed by atoms with Crippen LogP contribution in [-0.2, 0) is 6.42 Å². The fourth-order valence-electron chi connectivity index (χ4n) is 3.28. The normalized spacial score (nSPS) is 17.4. The van der Waals surface area contributed by atoms with E-state index in [1.165, 1.54) is 5.56 Å². The molecule has 1 unspecified atom stereocenters. The molecular formula is C20H21N3O3. The fraction of sp³-hybridized carbons (Fsp3) is 0.300. The van der Waals surface area contributed by atoms with Crippen LogP contribution in [0.3, 0.4) is 0 Å². The maximum atomic E-state index is 13.0. The molecule has 1 aromatic carbocycles. The van der Waals surface area contributed by atoms with E-state index in [2.05, 4.69) is 41.7 Å². The van der Waals surface area contributed by atoms with Gasteiger partial charge in [0.1, 0.15) is 0 Å². The summed E-state index contributed by atoms with van der Waals surface area (Å²) in [5.41, 5.74) is 2.71. The molecule has 4 rings (SSSR count). The van der Waals surface area contributed by atoms with E-state index in [0.717, 1.165) is 25.1 Å². The minimum atomic E-state index is -0.127. The summed E-state index contributed by atoms with van der Waals surface area (Å²) in [4.78, 5) is 14.9. The number of carbonyl (C=O) groups is 1. The maximum absolute atomic E-state index is 13.0. The van der Waals surface area contributed by atoms with Crippen LogP contribution in [0.15, 0.2) is 57.7 Å². The van der Waals surface area contributed by atoms with E-state index in [9.17, 15) is 4.79 Å². The van der Waals surface area contributed by atoms with Crippen LogP contribution < -0.4 is 5.32 Å². The van der Waals surface area contributed by atoms with Gasteiger partial charge in [0.25, 0.3) is 5.91 Å². The first kappa shape index (κ1) is 16.6. The Morgan fingerprint density at radius 2 is 2.12 bits per heavy atom. The number of nitrogens with zero attached hydrogens (tertiary/aromatic N) is 2. The number of amides is 1. The Labute approximate surface area is 151 Å². The number of hydrogen-bond donors (Lipinski definition) is 1. The Hall–Kier alpha value is -2.86. The van der Waals surface area contributed by atoms with Gasteiger partial charge in [-0.3, -0.25) is 4.79 Å². The Kier molecular flexibility index (Phi) is 4.58. The lowest BCUT2D eigenvalue weighted by Crippen LogP contribution is -2.48. The highest BCUT2D eigenvalue weighted by atomic mass is 16.5. The second kappa shape index (κ2) is 7.17. The minimum Gasteiger partial charge on any atom is -0.461 e. The third-order valence-corrected chi connectivity index (χ3v) is 4.77. The number of carbonyl (C=O) groups excluding carboxylic acids is 1. The van der Waals surface area contributed by atoms with E-state index in [1.54, 1.807) is 24.5 Å². The smallest absolute Gasteiger partial charge is 0.276 e. The van der Waals surface area contributed by atoms with E-state index in [4.69, 9.17) is 8.94 Å². The number of piperazine rings is 1. The second-order valence-electron chi connectivity index (χ2n) is 6.37. The average Bonchev–Trinajstić information content (AvgIpc) is 3.39. The zero-order valence-electron chi connectivity index (χ0n) is 14.6. The van der Waals surface area contributed by atoms with Crippen LogP contribution in [0.4, 0.5) is 0 Å². The van der Waals surface area contributed by atoms with Gasteiger partial charge in [-0.25, -0.2) is 0 Å². The van der Waals surface area contributed by atoms with E-state index < -0.39 is 0 Å². The second-order valence-corrected chi connectivity index (χ2v) is 6.37. The molecule has 26 heavy (non-hydrogen) atoms.